The van der Waals surface area contributed by atoms with Gasteiger partial charge in [0.15, 0.2) is 5.78 Å². The molecule has 0 aromatic rings. The summed E-state index contributed by atoms with van der Waals surface area (Å²) in [6, 6.07) is 0.189. The maximum atomic E-state index is 12.4. The van der Waals surface area contributed by atoms with E-state index in [9.17, 15) is 4.79 Å². The number of hydrogen-bond donors (Lipinski definition) is 1. The number of ketones is 1. The number of piperidine rings is 1. The Morgan fingerprint density at radius 3 is 2.75 bits per heavy atom. The van der Waals surface area contributed by atoms with Gasteiger partial charge in [-0.25, -0.2) is 0 Å². The van der Waals surface area contributed by atoms with Crippen molar-refractivity contribution in [1.82, 2.24) is 5.32 Å². The summed E-state index contributed by atoms with van der Waals surface area (Å²) in [4.78, 5) is 12.4. The van der Waals surface area contributed by atoms with Crippen molar-refractivity contribution in [2.75, 3.05) is 6.54 Å². The maximum Gasteiger partial charge on any atom is 0.152 e. The molecule has 2 heteroatoms. The van der Waals surface area contributed by atoms with Crippen molar-refractivity contribution in [3.05, 3.63) is 0 Å². The zero-order chi connectivity index (χ0) is 11.4. The summed E-state index contributed by atoms with van der Waals surface area (Å²) < 4.78 is 0. The lowest BCUT2D eigenvalue weighted by atomic mass is 9.76. The van der Waals surface area contributed by atoms with Crippen molar-refractivity contribution in [1.29, 1.82) is 0 Å². The number of carbonyl (C=O) groups is 1. The van der Waals surface area contributed by atoms with Gasteiger partial charge in [-0.15, -0.1) is 0 Å². The molecule has 2 fully saturated rings. The molecule has 0 aromatic heterocycles. The molecule has 1 aliphatic heterocycles. The van der Waals surface area contributed by atoms with Crippen LogP contribution >= 0.6 is 0 Å². The first-order valence-corrected chi connectivity index (χ1v) is 7.08. The second kappa shape index (κ2) is 5.81. The molecule has 0 aromatic carbocycles. The van der Waals surface area contributed by atoms with Crippen molar-refractivity contribution in [2.45, 2.75) is 64.3 Å². The highest BCUT2D eigenvalue weighted by atomic mass is 16.1. The Hall–Kier alpha value is -0.370. The number of Topliss-reactive ketones (excluding diaryl/α,β-unsaturated/α-hetero) is 1. The second-order valence-electron chi connectivity index (χ2n) is 5.54. The minimum absolute atomic E-state index is 0.189. The second-order valence-corrected chi connectivity index (χ2v) is 5.54. The van der Waals surface area contributed by atoms with E-state index in [0.29, 0.717) is 11.7 Å². The zero-order valence-corrected chi connectivity index (χ0v) is 10.5. The lowest BCUT2D eigenvalue weighted by Crippen LogP contribution is -2.44. The molecule has 1 heterocycles. The molecular weight excluding hydrogens is 198 g/mol. The molecule has 1 aliphatic carbocycles. The molecule has 3 unspecified atom stereocenters. The van der Waals surface area contributed by atoms with E-state index < -0.39 is 0 Å². The van der Waals surface area contributed by atoms with Crippen molar-refractivity contribution in [3.63, 3.8) is 0 Å². The van der Waals surface area contributed by atoms with Gasteiger partial charge < -0.3 is 5.32 Å². The normalized spacial score (nSPS) is 35.9. The average Bonchev–Trinajstić information content (AvgIpc) is 2.39. The summed E-state index contributed by atoms with van der Waals surface area (Å²) in [7, 11) is 0. The molecule has 92 valence electrons. The molecular formula is C14H25NO. The summed E-state index contributed by atoms with van der Waals surface area (Å²) in [5.41, 5.74) is 0. The van der Waals surface area contributed by atoms with E-state index in [-0.39, 0.29) is 6.04 Å². The van der Waals surface area contributed by atoms with Crippen LogP contribution in [0, 0.1) is 11.8 Å². The zero-order valence-electron chi connectivity index (χ0n) is 10.5. The van der Waals surface area contributed by atoms with Crippen molar-refractivity contribution >= 4 is 5.78 Å². The summed E-state index contributed by atoms with van der Waals surface area (Å²) >= 11 is 0. The Balaban J connectivity index is 1.87. The lowest BCUT2D eigenvalue weighted by Gasteiger charge is -2.31. The highest BCUT2D eigenvalue weighted by molar-refractivity contribution is 5.86. The van der Waals surface area contributed by atoms with Gasteiger partial charge in [0.05, 0.1) is 6.04 Å². The van der Waals surface area contributed by atoms with Crippen LogP contribution in [0.4, 0.5) is 0 Å². The van der Waals surface area contributed by atoms with E-state index in [4.69, 9.17) is 0 Å². The number of hydrogen-bond acceptors (Lipinski definition) is 2. The standard InChI is InChI=1S/C14H25NO/c1-2-11-6-5-7-12(10-11)14(16)13-8-3-4-9-15-13/h11-13,15H,2-10H2,1H3. The molecule has 2 aliphatic rings. The van der Waals surface area contributed by atoms with Crippen LogP contribution in [0.15, 0.2) is 0 Å². The van der Waals surface area contributed by atoms with Gasteiger partial charge in [-0.2, -0.15) is 0 Å². The van der Waals surface area contributed by atoms with E-state index in [0.717, 1.165) is 31.7 Å². The van der Waals surface area contributed by atoms with Gasteiger partial charge in [0, 0.05) is 5.92 Å². The van der Waals surface area contributed by atoms with Gasteiger partial charge in [0.25, 0.3) is 0 Å². The lowest BCUT2D eigenvalue weighted by molar-refractivity contribution is -0.127. The molecule has 0 bridgehead atoms. The SMILES string of the molecule is CCC1CCCC(C(=O)C2CCCCN2)C1. The summed E-state index contributed by atoms with van der Waals surface area (Å²) in [5, 5.41) is 3.40. The molecule has 3 atom stereocenters. The fraction of sp³-hybridized carbons (Fsp3) is 0.929. The Morgan fingerprint density at radius 1 is 1.19 bits per heavy atom. The van der Waals surface area contributed by atoms with E-state index in [2.05, 4.69) is 12.2 Å². The quantitative estimate of drug-likeness (QED) is 0.797. The fourth-order valence-electron chi connectivity index (χ4n) is 3.30. The van der Waals surface area contributed by atoms with Crippen molar-refractivity contribution in [2.24, 2.45) is 11.8 Å². The maximum absolute atomic E-state index is 12.4. The Bertz CT molecular complexity index is 233. The number of rotatable bonds is 3. The van der Waals surface area contributed by atoms with E-state index >= 15 is 0 Å². The average molecular weight is 223 g/mol. The molecule has 0 amide bonds. The van der Waals surface area contributed by atoms with Crippen LogP contribution in [0.3, 0.4) is 0 Å². The first kappa shape index (κ1) is 12.1. The first-order valence-electron chi connectivity index (χ1n) is 7.08. The Morgan fingerprint density at radius 2 is 2.06 bits per heavy atom. The molecule has 2 nitrogen and oxygen atoms in total. The topological polar surface area (TPSA) is 29.1 Å². The van der Waals surface area contributed by atoms with Gasteiger partial charge in [-0.05, 0) is 38.1 Å². The fourth-order valence-corrected chi connectivity index (χ4v) is 3.30. The highest BCUT2D eigenvalue weighted by Gasteiger charge is 2.31. The number of carbonyl (C=O) groups excluding carboxylic acids is 1. The summed E-state index contributed by atoms with van der Waals surface area (Å²) in [6.45, 7) is 3.30. The third-order valence-electron chi connectivity index (χ3n) is 4.42. The predicted molar refractivity (Wildman–Crippen MR) is 66.4 cm³/mol. The van der Waals surface area contributed by atoms with E-state index in [1.165, 1.54) is 32.1 Å². The largest absolute Gasteiger partial charge is 0.307 e. The third-order valence-corrected chi connectivity index (χ3v) is 4.42. The first-order chi connectivity index (χ1) is 7.81. The van der Waals surface area contributed by atoms with Crippen molar-refractivity contribution < 1.29 is 4.79 Å². The predicted octanol–water partition coefficient (Wildman–Crippen LogP) is 2.91. The van der Waals surface area contributed by atoms with Crippen LogP contribution in [0.2, 0.25) is 0 Å². The summed E-state index contributed by atoms with van der Waals surface area (Å²) in [5.74, 6) is 1.71. The number of nitrogens with one attached hydrogen (secondary N) is 1. The molecule has 16 heavy (non-hydrogen) atoms. The van der Waals surface area contributed by atoms with E-state index in [1.54, 1.807) is 0 Å². The van der Waals surface area contributed by atoms with Crippen molar-refractivity contribution in [3.8, 4) is 0 Å². The molecule has 0 spiro atoms. The monoisotopic (exact) mass is 223 g/mol. The summed E-state index contributed by atoms with van der Waals surface area (Å²) in [6.07, 6.45) is 9.72. The van der Waals surface area contributed by atoms with Crippen LogP contribution in [0.5, 0.6) is 0 Å². The molecule has 1 saturated heterocycles. The highest BCUT2D eigenvalue weighted by Crippen LogP contribution is 2.32. The molecule has 0 radical (unpaired) electrons. The third kappa shape index (κ3) is 2.85. The van der Waals surface area contributed by atoms with E-state index in [1.807, 2.05) is 0 Å². The van der Waals surface area contributed by atoms with Crippen LogP contribution in [-0.4, -0.2) is 18.4 Å². The Kier molecular flexibility index (Phi) is 4.39. The molecule has 1 saturated carbocycles. The van der Waals surface area contributed by atoms with Crippen LogP contribution in [-0.2, 0) is 4.79 Å². The van der Waals surface area contributed by atoms with Gasteiger partial charge >= 0.3 is 0 Å². The molecule has 2 rings (SSSR count). The molecule has 1 N–H and O–H groups in total. The van der Waals surface area contributed by atoms with Gasteiger partial charge in [-0.3, -0.25) is 4.79 Å². The minimum atomic E-state index is 0.189. The smallest absolute Gasteiger partial charge is 0.152 e. The van der Waals surface area contributed by atoms with Gasteiger partial charge in [0.1, 0.15) is 0 Å². The van der Waals surface area contributed by atoms with Gasteiger partial charge in [-0.1, -0.05) is 32.6 Å². The Labute approximate surface area is 99.2 Å². The van der Waals surface area contributed by atoms with Crippen LogP contribution in [0.1, 0.15) is 58.3 Å². The van der Waals surface area contributed by atoms with Crippen LogP contribution in [0.25, 0.3) is 0 Å². The van der Waals surface area contributed by atoms with Gasteiger partial charge in [0.2, 0.25) is 0 Å². The van der Waals surface area contributed by atoms with Crippen LogP contribution < -0.4 is 5.32 Å². The minimum Gasteiger partial charge on any atom is -0.307 e.